The Bertz CT molecular complexity index is 460. The summed E-state index contributed by atoms with van der Waals surface area (Å²) in [6.45, 7) is 5.35. The largest absolute Gasteiger partial charge is 0.469 e. The van der Waals surface area contributed by atoms with Crippen LogP contribution >= 0.6 is 11.8 Å². The Hall–Kier alpha value is -1.04. The molecule has 0 saturated carbocycles. The second kappa shape index (κ2) is 7.29. The Morgan fingerprint density at radius 2 is 1.90 bits per heavy atom. The number of carbonyl (C=O) groups is 1. The van der Waals surface area contributed by atoms with Gasteiger partial charge < -0.3 is 14.2 Å². The van der Waals surface area contributed by atoms with E-state index in [1.54, 1.807) is 11.8 Å². The van der Waals surface area contributed by atoms with Crippen LogP contribution in [0, 0.1) is 5.92 Å². The van der Waals surface area contributed by atoms with Gasteiger partial charge in [-0.1, -0.05) is 12.1 Å². The van der Waals surface area contributed by atoms with Crippen molar-refractivity contribution in [1.29, 1.82) is 0 Å². The molecule has 0 bridgehead atoms. The molecule has 1 aromatic rings. The highest BCUT2D eigenvalue weighted by Gasteiger charge is 2.28. The van der Waals surface area contributed by atoms with Gasteiger partial charge in [0.25, 0.3) is 0 Å². The van der Waals surface area contributed by atoms with E-state index in [1.165, 1.54) is 12.0 Å². The fourth-order valence-electron chi connectivity index (χ4n) is 1.98. The Balaban J connectivity index is 1.77. The molecule has 1 saturated heterocycles. The van der Waals surface area contributed by atoms with Crippen LogP contribution in [0.2, 0.25) is 0 Å². The number of benzene rings is 1. The first-order valence-corrected chi connectivity index (χ1v) is 8.03. The quantitative estimate of drug-likeness (QED) is 0.618. The van der Waals surface area contributed by atoms with Gasteiger partial charge in [0.15, 0.2) is 5.79 Å². The van der Waals surface area contributed by atoms with Gasteiger partial charge in [0, 0.05) is 16.6 Å². The fourth-order valence-corrected chi connectivity index (χ4v) is 2.93. The molecule has 0 aliphatic carbocycles. The van der Waals surface area contributed by atoms with Crippen molar-refractivity contribution in [2.75, 3.05) is 26.1 Å². The van der Waals surface area contributed by atoms with E-state index in [9.17, 15) is 4.79 Å². The van der Waals surface area contributed by atoms with E-state index < -0.39 is 5.79 Å². The Morgan fingerprint density at radius 1 is 1.29 bits per heavy atom. The van der Waals surface area contributed by atoms with Crippen molar-refractivity contribution in [3.05, 3.63) is 29.8 Å². The topological polar surface area (TPSA) is 44.8 Å². The van der Waals surface area contributed by atoms with Crippen LogP contribution in [0.25, 0.3) is 0 Å². The molecule has 0 N–H and O–H groups in total. The second-order valence-corrected chi connectivity index (χ2v) is 6.69. The molecular formula is C16H22O4S. The van der Waals surface area contributed by atoms with Crippen LogP contribution in [0.15, 0.2) is 29.2 Å². The monoisotopic (exact) mass is 310 g/mol. The molecule has 1 fully saturated rings. The molecular weight excluding hydrogens is 288 g/mol. The van der Waals surface area contributed by atoms with Gasteiger partial charge in [-0.2, -0.15) is 0 Å². The molecule has 0 radical (unpaired) electrons. The standard InChI is InChI=1S/C16H22O4S/c1-16(2)19-9-13(10-20-16)11-21-14-6-4-12(5-7-14)8-15(17)18-3/h4-7,13H,8-11H2,1-3H3. The number of methoxy groups -OCH3 is 1. The summed E-state index contributed by atoms with van der Waals surface area (Å²) in [5.41, 5.74) is 0.970. The van der Waals surface area contributed by atoms with E-state index in [-0.39, 0.29) is 5.97 Å². The second-order valence-electron chi connectivity index (χ2n) is 5.60. The van der Waals surface area contributed by atoms with Crippen molar-refractivity contribution in [2.45, 2.75) is 31.0 Å². The molecule has 1 aliphatic heterocycles. The zero-order chi connectivity index (χ0) is 15.3. The minimum Gasteiger partial charge on any atom is -0.469 e. The van der Waals surface area contributed by atoms with Crippen molar-refractivity contribution < 1.29 is 19.0 Å². The molecule has 0 spiro atoms. The third-order valence-corrected chi connectivity index (χ3v) is 4.56. The zero-order valence-electron chi connectivity index (χ0n) is 12.8. The van der Waals surface area contributed by atoms with Crippen LogP contribution in [0.5, 0.6) is 0 Å². The number of hydrogen-bond acceptors (Lipinski definition) is 5. The van der Waals surface area contributed by atoms with Crippen molar-refractivity contribution in [3.8, 4) is 0 Å². The maximum Gasteiger partial charge on any atom is 0.309 e. The summed E-state index contributed by atoms with van der Waals surface area (Å²) in [4.78, 5) is 12.4. The van der Waals surface area contributed by atoms with Gasteiger partial charge in [0.05, 0.1) is 26.7 Å². The van der Waals surface area contributed by atoms with Crippen molar-refractivity contribution in [1.82, 2.24) is 0 Å². The first kappa shape index (κ1) is 16.3. The highest BCUT2D eigenvalue weighted by Crippen LogP contribution is 2.26. The number of hydrogen-bond donors (Lipinski definition) is 0. The van der Waals surface area contributed by atoms with Crippen LogP contribution in [0.1, 0.15) is 19.4 Å². The number of ether oxygens (including phenoxy) is 3. The van der Waals surface area contributed by atoms with Crippen LogP contribution in [-0.2, 0) is 25.4 Å². The Labute approximate surface area is 130 Å². The summed E-state index contributed by atoms with van der Waals surface area (Å²) in [5, 5.41) is 0. The van der Waals surface area contributed by atoms with Gasteiger partial charge in [-0.3, -0.25) is 4.79 Å². The lowest BCUT2D eigenvalue weighted by Crippen LogP contribution is -2.40. The summed E-state index contributed by atoms with van der Waals surface area (Å²) in [6.07, 6.45) is 0.320. The summed E-state index contributed by atoms with van der Waals surface area (Å²) >= 11 is 1.78. The molecule has 2 rings (SSSR count). The minimum absolute atomic E-state index is 0.213. The average molecular weight is 310 g/mol. The Kier molecular flexibility index (Phi) is 5.67. The summed E-state index contributed by atoms with van der Waals surface area (Å²) in [6, 6.07) is 8.02. The molecule has 5 heteroatoms. The van der Waals surface area contributed by atoms with E-state index in [2.05, 4.69) is 4.74 Å². The molecule has 1 aliphatic rings. The predicted molar refractivity (Wildman–Crippen MR) is 82.4 cm³/mol. The van der Waals surface area contributed by atoms with Gasteiger partial charge >= 0.3 is 5.97 Å². The van der Waals surface area contributed by atoms with E-state index in [0.717, 1.165) is 24.5 Å². The summed E-state index contributed by atoms with van der Waals surface area (Å²) < 4.78 is 16.0. The number of esters is 1. The minimum atomic E-state index is -0.448. The lowest BCUT2D eigenvalue weighted by atomic mass is 10.1. The van der Waals surface area contributed by atoms with Crippen LogP contribution in [0.4, 0.5) is 0 Å². The SMILES string of the molecule is COC(=O)Cc1ccc(SCC2COC(C)(C)OC2)cc1. The zero-order valence-corrected chi connectivity index (χ0v) is 13.6. The molecule has 21 heavy (non-hydrogen) atoms. The molecule has 116 valence electrons. The summed E-state index contributed by atoms with van der Waals surface area (Å²) in [7, 11) is 1.40. The number of thioether (sulfide) groups is 1. The van der Waals surface area contributed by atoms with Crippen LogP contribution in [-0.4, -0.2) is 37.8 Å². The number of rotatable bonds is 5. The van der Waals surface area contributed by atoms with E-state index in [0.29, 0.717) is 12.3 Å². The predicted octanol–water partition coefficient (Wildman–Crippen LogP) is 2.89. The molecule has 1 aromatic carbocycles. The maximum atomic E-state index is 11.2. The van der Waals surface area contributed by atoms with Crippen molar-refractivity contribution >= 4 is 17.7 Å². The molecule has 0 atom stereocenters. The molecule has 4 nitrogen and oxygen atoms in total. The third kappa shape index (κ3) is 5.34. The molecule has 0 unspecified atom stereocenters. The van der Waals surface area contributed by atoms with Crippen LogP contribution in [0.3, 0.4) is 0 Å². The summed E-state index contributed by atoms with van der Waals surface area (Å²) in [5.74, 6) is 0.718. The van der Waals surface area contributed by atoms with Gasteiger partial charge in [-0.15, -0.1) is 11.8 Å². The highest BCUT2D eigenvalue weighted by atomic mass is 32.2. The molecule has 1 heterocycles. The first-order chi connectivity index (χ1) is 9.98. The average Bonchev–Trinajstić information content (AvgIpc) is 2.47. The lowest BCUT2D eigenvalue weighted by molar-refractivity contribution is -0.259. The smallest absolute Gasteiger partial charge is 0.309 e. The number of carbonyl (C=O) groups excluding carboxylic acids is 1. The van der Waals surface area contributed by atoms with Crippen LogP contribution < -0.4 is 0 Å². The molecule has 0 aromatic heterocycles. The van der Waals surface area contributed by atoms with E-state index in [1.807, 2.05) is 38.1 Å². The normalized spacial score (nSPS) is 18.4. The Morgan fingerprint density at radius 3 is 2.48 bits per heavy atom. The first-order valence-electron chi connectivity index (χ1n) is 7.05. The highest BCUT2D eigenvalue weighted by molar-refractivity contribution is 7.99. The van der Waals surface area contributed by atoms with E-state index >= 15 is 0 Å². The fraction of sp³-hybridized carbons (Fsp3) is 0.562. The van der Waals surface area contributed by atoms with Crippen molar-refractivity contribution in [3.63, 3.8) is 0 Å². The third-order valence-electron chi connectivity index (χ3n) is 3.32. The van der Waals surface area contributed by atoms with Gasteiger partial charge in [-0.25, -0.2) is 0 Å². The maximum absolute atomic E-state index is 11.2. The van der Waals surface area contributed by atoms with Gasteiger partial charge in [0.2, 0.25) is 0 Å². The molecule has 0 amide bonds. The van der Waals surface area contributed by atoms with Gasteiger partial charge in [0.1, 0.15) is 0 Å². The van der Waals surface area contributed by atoms with Crippen molar-refractivity contribution in [2.24, 2.45) is 5.92 Å². The lowest BCUT2D eigenvalue weighted by Gasteiger charge is -2.34. The van der Waals surface area contributed by atoms with E-state index in [4.69, 9.17) is 9.47 Å². The van der Waals surface area contributed by atoms with Gasteiger partial charge in [-0.05, 0) is 31.5 Å².